The van der Waals surface area contributed by atoms with Crippen LogP contribution in [0, 0.1) is 5.92 Å². The summed E-state index contributed by atoms with van der Waals surface area (Å²) in [5, 5.41) is 3.50. The van der Waals surface area contributed by atoms with Crippen molar-refractivity contribution in [3.63, 3.8) is 0 Å². The Kier molecular flexibility index (Phi) is 5.72. The van der Waals surface area contributed by atoms with E-state index in [4.69, 9.17) is 0 Å². The van der Waals surface area contributed by atoms with Crippen LogP contribution in [0.3, 0.4) is 0 Å². The Hall–Kier alpha value is -0.300. The molecule has 0 heterocycles. The highest BCUT2D eigenvalue weighted by Crippen LogP contribution is 2.27. The van der Waals surface area contributed by atoms with Gasteiger partial charge in [-0.2, -0.15) is 13.2 Å². The van der Waals surface area contributed by atoms with E-state index in [1.165, 1.54) is 0 Å². The average molecular weight is 318 g/mol. The minimum atomic E-state index is -4.38. The van der Waals surface area contributed by atoms with Crippen LogP contribution < -0.4 is 5.32 Å². The molecule has 100 valence electrons. The highest BCUT2D eigenvalue weighted by atomic mass is 79.9. The second kappa shape index (κ2) is 6.58. The van der Waals surface area contributed by atoms with Gasteiger partial charge >= 0.3 is 6.18 Å². The van der Waals surface area contributed by atoms with E-state index in [2.05, 4.69) is 26.0 Å². The SMILES string of the molecule is O=C(COCC(F)(F)F)NC1CCCC1CBr. The van der Waals surface area contributed by atoms with Gasteiger partial charge in [0.1, 0.15) is 13.2 Å². The summed E-state index contributed by atoms with van der Waals surface area (Å²) in [7, 11) is 0. The third kappa shape index (κ3) is 5.72. The molecule has 1 amide bonds. The van der Waals surface area contributed by atoms with Crippen molar-refractivity contribution in [1.82, 2.24) is 5.32 Å². The first kappa shape index (κ1) is 14.8. The third-order valence-electron chi connectivity index (χ3n) is 2.70. The van der Waals surface area contributed by atoms with Crippen molar-refractivity contribution < 1.29 is 22.7 Å². The van der Waals surface area contributed by atoms with Crippen LogP contribution >= 0.6 is 15.9 Å². The Morgan fingerprint density at radius 3 is 2.71 bits per heavy atom. The summed E-state index contributed by atoms with van der Waals surface area (Å²) in [5.41, 5.74) is 0. The molecule has 0 aromatic carbocycles. The highest BCUT2D eigenvalue weighted by Gasteiger charge is 2.29. The van der Waals surface area contributed by atoms with Gasteiger partial charge in [-0.1, -0.05) is 22.4 Å². The van der Waals surface area contributed by atoms with E-state index in [1.54, 1.807) is 0 Å². The lowest BCUT2D eigenvalue weighted by Gasteiger charge is -2.19. The summed E-state index contributed by atoms with van der Waals surface area (Å²) in [5.74, 6) is -0.117. The Morgan fingerprint density at radius 1 is 1.41 bits per heavy atom. The van der Waals surface area contributed by atoms with Gasteiger partial charge in [-0.3, -0.25) is 4.79 Å². The number of amides is 1. The average Bonchev–Trinajstić information content (AvgIpc) is 2.63. The van der Waals surface area contributed by atoms with Gasteiger partial charge in [-0.15, -0.1) is 0 Å². The Balaban J connectivity index is 2.21. The maximum Gasteiger partial charge on any atom is 0.411 e. The van der Waals surface area contributed by atoms with Crippen molar-refractivity contribution in [2.45, 2.75) is 31.5 Å². The van der Waals surface area contributed by atoms with Crippen LogP contribution in [0.5, 0.6) is 0 Å². The van der Waals surface area contributed by atoms with Crippen molar-refractivity contribution in [2.75, 3.05) is 18.5 Å². The first-order valence-electron chi connectivity index (χ1n) is 5.42. The van der Waals surface area contributed by atoms with Crippen LogP contribution in [0.1, 0.15) is 19.3 Å². The molecule has 0 radical (unpaired) electrons. The van der Waals surface area contributed by atoms with Gasteiger partial charge in [0, 0.05) is 11.4 Å². The fraction of sp³-hybridized carbons (Fsp3) is 0.900. The molecule has 0 spiro atoms. The number of nitrogens with one attached hydrogen (secondary N) is 1. The van der Waals surface area contributed by atoms with Crippen molar-refractivity contribution in [2.24, 2.45) is 5.92 Å². The van der Waals surface area contributed by atoms with Crippen LogP contribution in [0.4, 0.5) is 13.2 Å². The molecule has 0 saturated heterocycles. The summed E-state index contributed by atoms with van der Waals surface area (Å²) >= 11 is 3.35. The minimum Gasteiger partial charge on any atom is -0.362 e. The molecule has 1 N–H and O–H groups in total. The van der Waals surface area contributed by atoms with E-state index in [-0.39, 0.29) is 6.04 Å². The maximum absolute atomic E-state index is 11.8. The molecular formula is C10H15BrF3NO2. The molecular weight excluding hydrogens is 303 g/mol. The zero-order valence-electron chi connectivity index (χ0n) is 9.23. The molecule has 1 aliphatic carbocycles. The number of alkyl halides is 4. The Labute approximate surface area is 106 Å². The van der Waals surface area contributed by atoms with Crippen LogP contribution in [0.2, 0.25) is 0 Å². The van der Waals surface area contributed by atoms with Crippen molar-refractivity contribution in [3.8, 4) is 0 Å². The first-order valence-corrected chi connectivity index (χ1v) is 6.54. The summed E-state index contributed by atoms with van der Waals surface area (Å²) in [4.78, 5) is 11.3. The van der Waals surface area contributed by atoms with E-state index in [0.29, 0.717) is 5.92 Å². The van der Waals surface area contributed by atoms with Crippen molar-refractivity contribution >= 4 is 21.8 Å². The molecule has 2 atom stereocenters. The molecule has 2 unspecified atom stereocenters. The van der Waals surface area contributed by atoms with Crippen molar-refractivity contribution in [3.05, 3.63) is 0 Å². The monoisotopic (exact) mass is 317 g/mol. The number of carbonyl (C=O) groups excluding carboxylic acids is 1. The summed E-state index contributed by atoms with van der Waals surface area (Å²) in [6, 6.07) is 0.0522. The fourth-order valence-corrected chi connectivity index (χ4v) is 2.69. The van der Waals surface area contributed by atoms with Gasteiger partial charge in [0.05, 0.1) is 0 Å². The number of rotatable bonds is 5. The zero-order valence-corrected chi connectivity index (χ0v) is 10.8. The summed E-state index contributed by atoms with van der Waals surface area (Å²) < 4.78 is 39.6. The number of ether oxygens (including phenoxy) is 1. The molecule has 1 saturated carbocycles. The number of hydrogen-bond acceptors (Lipinski definition) is 2. The number of halogens is 4. The third-order valence-corrected chi connectivity index (χ3v) is 3.53. The predicted octanol–water partition coefficient (Wildman–Crippen LogP) is 2.25. The quantitative estimate of drug-likeness (QED) is 0.790. The topological polar surface area (TPSA) is 38.3 Å². The Bertz CT molecular complexity index is 260. The minimum absolute atomic E-state index is 0.0522. The highest BCUT2D eigenvalue weighted by molar-refractivity contribution is 9.09. The fourth-order valence-electron chi connectivity index (χ4n) is 1.92. The Morgan fingerprint density at radius 2 is 2.12 bits per heavy atom. The van der Waals surface area contributed by atoms with Crippen LogP contribution in [-0.4, -0.2) is 36.7 Å². The van der Waals surface area contributed by atoms with E-state index in [1.807, 2.05) is 0 Å². The summed E-state index contributed by atoms with van der Waals surface area (Å²) in [6.45, 7) is -1.92. The lowest BCUT2D eigenvalue weighted by molar-refractivity contribution is -0.175. The molecule has 0 aliphatic heterocycles. The smallest absolute Gasteiger partial charge is 0.362 e. The molecule has 0 bridgehead atoms. The molecule has 1 aliphatic rings. The summed E-state index contributed by atoms with van der Waals surface area (Å²) in [6.07, 6.45) is -1.45. The lowest BCUT2D eigenvalue weighted by Crippen LogP contribution is -2.40. The van der Waals surface area contributed by atoms with Gasteiger partial charge in [0.25, 0.3) is 0 Å². The van der Waals surface area contributed by atoms with Crippen LogP contribution in [0.15, 0.2) is 0 Å². The second-order valence-electron chi connectivity index (χ2n) is 4.13. The van der Waals surface area contributed by atoms with E-state index >= 15 is 0 Å². The molecule has 17 heavy (non-hydrogen) atoms. The molecule has 0 aromatic rings. The van der Waals surface area contributed by atoms with E-state index in [9.17, 15) is 18.0 Å². The van der Waals surface area contributed by atoms with Gasteiger partial charge in [-0.05, 0) is 18.8 Å². The van der Waals surface area contributed by atoms with E-state index in [0.717, 1.165) is 24.6 Å². The van der Waals surface area contributed by atoms with Crippen LogP contribution in [-0.2, 0) is 9.53 Å². The van der Waals surface area contributed by atoms with Gasteiger partial charge < -0.3 is 10.1 Å². The second-order valence-corrected chi connectivity index (χ2v) is 4.77. The molecule has 7 heteroatoms. The zero-order chi connectivity index (χ0) is 12.9. The van der Waals surface area contributed by atoms with Crippen LogP contribution in [0.25, 0.3) is 0 Å². The first-order chi connectivity index (χ1) is 7.92. The molecule has 1 rings (SSSR count). The molecule has 0 aromatic heterocycles. The van der Waals surface area contributed by atoms with Gasteiger partial charge in [0.15, 0.2) is 0 Å². The normalized spacial score (nSPS) is 24.9. The van der Waals surface area contributed by atoms with Gasteiger partial charge in [0.2, 0.25) is 5.91 Å². The molecule has 1 fully saturated rings. The van der Waals surface area contributed by atoms with Gasteiger partial charge in [-0.25, -0.2) is 0 Å². The van der Waals surface area contributed by atoms with Crippen molar-refractivity contribution in [1.29, 1.82) is 0 Å². The number of carbonyl (C=O) groups is 1. The lowest BCUT2D eigenvalue weighted by atomic mass is 10.1. The predicted molar refractivity (Wildman–Crippen MR) is 59.9 cm³/mol. The standard InChI is InChI=1S/C10H15BrF3NO2/c11-4-7-2-1-3-8(7)15-9(16)5-17-6-10(12,13)14/h7-8H,1-6H2,(H,15,16). The number of hydrogen-bond donors (Lipinski definition) is 1. The maximum atomic E-state index is 11.8. The molecule has 3 nitrogen and oxygen atoms in total. The van der Waals surface area contributed by atoms with E-state index < -0.39 is 25.3 Å². The largest absolute Gasteiger partial charge is 0.411 e.